The van der Waals surface area contributed by atoms with Gasteiger partial charge in [-0.3, -0.25) is 4.40 Å². The van der Waals surface area contributed by atoms with E-state index < -0.39 is 5.97 Å². The molecule has 2 heterocycles. The summed E-state index contributed by atoms with van der Waals surface area (Å²) in [5, 5.41) is 9.02. The second-order valence-electron chi connectivity index (χ2n) is 4.52. The number of aromatic nitrogens is 2. The lowest BCUT2D eigenvalue weighted by Gasteiger charge is -1.96. The van der Waals surface area contributed by atoms with E-state index in [1.807, 2.05) is 17.5 Å². The number of aryl methyl sites for hydroxylation is 2. The molecule has 2 aromatic heterocycles. The van der Waals surface area contributed by atoms with Crippen molar-refractivity contribution >= 4 is 22.3 Å². The van der Waals surface area contributed by atoms with Crippen LogP contribution in [0.1, 0.15) is 53.7 Å². The zero-order valence-corrected chi connectivity index (χ0v) is 11.6. The first-order valence-electron chi connectivity index (χ1n) is 6.34. The summed E-state index contributed by atoms with van der Waals surface area (Å²) in [4.78, 5) is 16.7. The van der Waals surface area contributed by atoms with Crippen LogP contribution in [0.15, 0.2) is 6.20 Å². The molecule has 0 aliphatic rings. The maximum Gasteiger partial charge on any atom is 0.347 e. The third-order valence-electron chi connectivity index (χ3n) is 3.09. The first-order valence-corrected chi connectivity index (χ1v) is 7.15. The van der Waals surface area contributed by atoms with E-state index >= 15 is 0 Å². The fraction of sp³-hybridized carbons (Fsp3) is 0.538. The van der Waals surface area contributed by atoms with E-state index in [2.05, 4.69) is 11.9 Å². The third kappa shape index (κ3) is 2.56. The van der Waals surface area contributed by atoms with Crippen LogP contribution in [0.5, 0.6) is 0 Å². The van der Waals surface area contributed by atoms with Crippen LogP contribution in [0.25, 0.3) is 4.96 Å². The molecule has 0 amide bonds. The quantitative estimate of drug-likeness (QED) is 0.814. The molecule has 1 N–H and O–H groups in total. The molecule has 4 nitrogen and oxygen atoms in total. The Kier molecular flexibility index (Phi) is 4.01. The number of hydrogen-bond acceptors (Lipinski definition) is 3. The molecule has 18 heavy (non-hydrogen) atoms. The average molecular weight is 266 g/mol. The summed E-state index contributed by atoms with van der Waals surface area (Å²) < 4.78 is 1.89. The van der Waals surface area contributed by atoms with E-state index in [0.717, 1.165) is 29.2 Å². The maximum absolute atomic E-state index is 11.0. The molecule has 0 spiro atoms. The van der Waals surface area contributed by atoms with Crippen molar-refractivity contribution in [2.24, 2.45) is 0 Å². The van der Waals surface area contributed by atoms with Crippen molar-refractivity contribution in [2.45, 2.75) is 46.0 Å². The highest BCUT2D eigenvalue weighted by Crippen LogP contribution is 2.23. The summed E-state index contributed by atoms with van der Waals surface area (Å²) in [6.45, 7) is 4.03. The number of fused-ring (bicyclic) bond motifs is 1. The number of carboxylic acid groups (broad SMARTS) is 1. The normalized spacial score (nSPS) is 11.2. The molecule has 5 heteroatoms. The van der Waals surface area contributed by atoms with Gasteiger partial charge in [-0.15, -0.1) is 0 Å². The number of nitrogens with zero attached hydrogens (tertiary/aromatic N) is 2. The van der Waals surface area contributed by atoms with Gasteiger partial charge in [0.05, 0.1) is 5.69 Å². The minimum atomic E-state index is -0.868. The fourth-order valence-electron chi connectivity index (χ4n) is 2.05. The molecule has 0 bridgehead atoms. The van der Waals surface area contributed by atoms with Crippen molar-refractivity contribution in [2.75, 3.05) is 0 Å². The number of imidazole rings is 1. The summed E-state index contributed by atoms with van der Waals surface area (Å²) in [6, 6.07) is 0. The van der Waals surface area contributed by atoms with Gasteiger partial charge in [-0.05, 0) is 19.8 Å². The molecule has 0 unspecified atom stereocenters. The summed E-state index contributed by atoms with van der Waals surface area (Å²) in [5.41, 5.74) is 1.84. The second-order valence-corrected chi connectivity index (χ2v) is 5.49. The van der Waals surface area contributed by atoms with Gasteiger partial charge < -0.3 is 5.11 Å². The summed E-state index contributed by atoms with van der Waals surface area (Å²) in [7, 11) is 0. The second kappa shape index (κ2) is 5.52. The first-order chi connectivity index (χ1) is 8.63. The van der Waals surface area contributed by atoms with Crippen molar-refractivity contribution in [1.82, 2.24) is 9.38 Å². The number of carboxylic acids is 1. The van der Waals surface area contributed by atoms with Crippen LogP contribution in [0, 0.1) is 6.92 Å². The van der Waals surface area contributed by atoms with Crippen LogP contribution >= 0.6 is 11.3 Å². The van der Waals surface area contributed by atoms with Crippen LogP contribution < -0.4 is 0 Å². The Morgan fingerprint density at radius 1 is 1.44 bits per heavy atom. The molecule has 0 aromatic carbocycles. The predicted molar refractivity (Wildman–Crippen MR) is 72.6 cm³/mol. The minimum absolute atomic E-state index is 0.384. The molecular weight excluding hydrogens is 248 g/mol. The van der Waals surface area contributed by atoms with Gasteiger partial charge in [0, 0.05) is 11.9 Å². The van der Waals surface area contributed by atoms with Crippen LogP contribution in [-0.4, -0.2) is 20.5 Å². The molecule has 0 radical (unpaired) electrons. The van der Waals surface area contributed by atoms with Crippen molar-refractivity contribution < 1.29 is 9.90 Å². The number of carbonyl (C=O) groups is 1. The van der Waals surface area contributed by atoms with Crippen molar-refractivity contribution in [3.63, 3.8) is 0 Å². The number of unbranched alkanes of at least 4 members (excludes halogenated alkanes) is 3. The van der Waals surface area contributed by atoms with Crippen LogP contribution in [-0.2, 0) is 6.42 Å². The Hall–Kier alpha value is -1.36. The lowest BCUT2D eigenvalue weighted by molar-refractivity contribution is 0.0701. The lowest BCUT2D eigenvalue weighted by atomic mass is 10.1. The Balaban J connectivity index is 2.12. The first kappa shape index (κ1) is 13.1. The Bertz CT molecular complexity index is 557. The van der Waals surface area contributed by atoms with Gasteiger partial charge in [0.2, 0.25) is 0 Å². The largest absolute Gasteiger partial charge is 0.477 e. The maximum atomic E-state index is 11.0. The molecule has 0 saturated carbocycles. The number of rotatable bonds is 6. The summed E-state index contributed by atoms with van der Waals surface area (Å²) in [6.07, 6.45) is 7.85. The van der Waals surface area contributed by atoms with E-state index in [1.54, 1.807) is 0 Å². The summed E-state index contributed by atoms with van der Waals surface area (Å²) >= 11 is 1.25. The van der Waals surface area contributed by atoms with Gasteiger partial charge in [0.25, 0.3) is 0 Å². The van der Waals surface area contributed by atoms with Crippen LogP contribution in [0.2, 0.25) is 0 Å². The number of thiazole rings is 1. The number of aromatic carboxylic acids is 1. The smallest absolute Gasteiger partial charge is 0.347 e. The van der Waals surface area contributed by atoms with Crippen molar-refractivity contribution in [3.8, 4) is 0 Å². The third-order valence-corrected chi connectivity index (χ3v) is 4.23. The van der Waals surface area contributed by atoms with E-state index in [0.29, 0.717) is 4.88 Å². The highest BCUT2D eigenvalue weighted by molar-refractivity contribution is 7.18. The van der Waals surface area contributed by atoms with Gasteiger partial charge >= 0.3 is 5.97 Å². The van der Waals surface area contributed by atoms with Gasteiger partial charge in [-0.1, -0.05) is 37.5 Å². The predicted octanol–water partition coefficient (Wildman–Crippen LogP) is 3.53. The van der Waals surface area contributed by atoms with Gasteiger partial charge in [0.1, 0.15) is 4.88 Å². The topological polar surface area (TPSA) is 54.6 Å². The van der Waals surface area contributed by atoms with E-state index in [1.165, 1.54) is 30.6 Å². The van der Waals surface area contributed by atoms with Crippen LogP contribution in [0.4, 0.5) is 0 Å². The monoisotopic (exact) mass is 266 g/mol. The molecule has 0 aliphatic carbocycles. The molecule has 0 fully saturated rings. The summed E-state index contributed by atoms with van der Waals surface area (Å²) in [5.74, 6) is -0.868. The Morgan fingerprint density at radius 2 is 2.22 bits per heavy atom. The molecule has 0 saturated heterocycles. The van der Waals surface area contributed by atoms with Gasteiger partial charge in [-0.2, -0.15) is 0 Å². The zero-order chi connectivity index (χ0) is 13.1. The van der Waals surface area contributed by atoms with Crippen molar-refractivity contribution in [3.05, 3.63) is 22.5 Å². The molecular formula is C13H18N2O2S. The van der Waals surface area contributed by atoms with E-state index in [9.17, 15) is 4.79 Å². The Labute approximate surface area is 110 Å². The SMILES string of the molecule is CCCCCCc1cn2c(C)c(C(=O)O)sc2n1. The van der Waals surface area contributed by atoms with E-state index in [4.69, 9.17) is 5.11 Å². The van der Waals surface area contributed by atoms with Crippen LogP contribution in [0.3, 0.4) is 0 Å². The number of hydrogen-bond donors (Lipinski definition) is 1. The highest BCUT2D eigenvalue weighted by atomic mass is 32.1. The van der Waals surface area contributed by atoms with Crippen molar-refractivity contribution in [1.29, 1.82) is 0 Å². The molecule has 2 rings (SSSR count). The Morgan fingerprint density at radius 3 is 2.83 bits per heavy atom. The lowest BCUT2D eigenvalue weighted by Crippen LogP contribution is -1.96. The molecule has 0 aliphatic heterocycles. The zero-order valence-electron chi connectivity index (χ0n) is 10.8. The van der Waals surface area contributed by atoms with Gasteiger partial charge in [0.15, 0.2) is 4.96 Å². The van der Waals surface area contributed by atoms with E-state index in [-0.39, 0.29) is 0 Å². The van der Waals surface area contributed by atoms with Gasteiger partial charge in [-0.25, -0.2) is 9.78 Å². The minimum Gasteiger partial charge on any atom is -0.477 e. The molecule has 0 atom stereocenters. The fourth-order valence-corrected chi connectivity index (χ4v) is 3.02. The highest BCUT2D eigenvalue weighted by Gasteiger charge is 2.16. The standard InChI is InChI=1S/C13H18N2O2S/c1-3-4-5-6-7-10-8-15-9(2)11(12(16)17)18-13(15)14-10/h8H,3-7H2,1-2H3,(H,16,17). The molecule has 98 valence electrons. The average Bonchev–Trinajstić information content (AvgIpc) is 2.85. The molecule has 2 aromatic rings.